The standard InChI is InChI=1S/C16H12ClN3O/c17-15-18-7-4-12(19-15)11-8-20-9-16(5-6-16)21-13-3-1-2-10(11)14(13)20/h1-4,7-8H,5-6,9H2. The lowest BCUT2D eigenvalue weighted by atomic mass is 10.1. The van der Waals surface area contributed by atoms with Crippen molar-refractivity contribution in [1.82, 2.24) is 14.5 Å². The maximum absolute atomic E-state index is 6.20. The quantitative estimate of drug-likeness (QED) is 0.643. The molecule has 4 nitrogen and oxygen atoms in total. The van der Waals surface area contributed by atoms with Crippen molar-refractivity contribution in [3.05, 3.63) is 41.9 Å². The van der Waals surface area contributed by atoms with Crippen molar-refractivity contribution in [3.63, 3.8) is 0 Å². The minimum atomic E-state index is 0.0287. The van der Waals surface area contributed by atoms with Gasteiger partial charge >= 0.3 is 0 Å². The molecule has 104 valence electrons. The van der Waals surface area contributed by atoms with Crippen LogP contribution in [0.25, 0.3) is 22.2 Å². The zero-order valence-electron chi connectivity index (χ0n) is 11.2. The molecular formula is C16H12ClN3O. The largest absolute Gasteiger partial charge is 0.483 e. The number of halogens is 1. The Kier molecular flexibility index (Phi) is 2.08. The van der Waals surface area contributed by atoms with E-state index in [9.17, 15) is 0 Å². The Morgan fingerprint density at radius 1 is 1.24 bits per heavy atom. The SMILES string of the molecule is Clc1nccc(-c2cn3c4c(cccc24)OC2(CC2)C3)n1. The van der Waals surface area contributed by atoms with E-state index in [0.717, 1.165) is 47.3 Å². The van der Waals surface area contributed by atoms with Gasteiger partial charge in [0.25, 0.3) is 0 Å². The molecule has 1 saturated carbocycles. The maximum Gasteiger partial charge on any atom is 0.222 e. The Balaban J connectivity index is 1.79. The van der Waals surface area contributed by atoms with E-state index in [-0.39, 0.29) is 10.9 Å². The molecule has 3 heterocycles. The number of para-hydroxylation sites is 1. The highest BCUT2D eigenvalue weighted by Gasteiger charge is 2.48. The molecule has 1 aromatic carbocycles. The van der Waals surface area contributed by atoms with E-state index in [0.29, 0.717) is 0 Å². The van der Waals surface area contributed by atoms with Gasteiger partial charge in [-0.3, -0.25) is 0 Å². The average Bonchev–Trinajstić information content (AvgIpc) is 3.11. The molecule has 0 N–H and O–H groups in total. The number of hydrogen-bond donors (Lipinski definition) is 0. The highest BCUT2D eigenvalue weighted by atomic mass is 35.5. The van der Waals surface area contributed by atoms with Crippen molar-refractivity contribution < 1.29 is 4.74 Å². The predicted octanol–water partition coefficient (Wildman–Crippen LogP) is 3.68. The number of nitrogens with zero attached hydrogens (tertiary/aromatic N) is 3. The normalized spacial score (nSPS) is 18.0. The Morgan fingerprint density at radius 3 is 2.95 bits per heavy atom. The van der Waals surface area contributed by atoms with Gasteiger partial charge in [-0.1, -0.05) is 12.1 Å². The van der Waals surface area contributed by atoms with Crippen LogP contribution in [0.15, 0.2) is 36.7 Å². The Morgan fingerprint density at radius 2 is 2.14 bits per heavy atom. The van der Waals surface area contributed by atoms with Crippen LogP contribution >= 0.6 is 11.6 Å². The van der Waals surface area contributed by atoms with Crippen LogP contribution in [0.1, 0.15) is 12.8 Å². The lowest BCUT2D eigenvalue weighted by Gasteiger charge is -2.25. The summed E-state index contributed by atoms with van der Waals surface area (Å²) in [7, 11) is 0. The molecule has 1 aliphatic heterocycles. The van der Waals surface area contributed by atoms with Crippen LogP contribution < -0.4 is 4.74 Å². The number of hydrogen-bond acceptors (Lipinski definition) is 3. The zero-order valence-corrected chi connectivity index (χ0v) is 12.0. The van der Waals surface area contributed by atoms with Gasteiger partial charge in [-0.15, -0.1) is 0 Å². The molecule has 0 bridgehead atoms. The van der Waals surface area contributed by atoms with E-state index < -0.39 is 0 Å². The molecular weight excluding hydrogens is 286 g/mol. The van der Waals surface area contributed by atoms with Gasteiger partial charge < -0.3 is 9.30 Å². The van der Waals surface area contributed by atoms with Crippen molar-refractivity contribution in [2.75, 3.05) is 0 Å². The minimum absolute atomic E-state index is 0.0287. The van der Waals surface area contributed by atoms with E-state index in [1.54, 1.807) is 6.20 Å². The lowest BCUT2D eigenvalue weighted by Crippen LogP contribution is -2.28. The number of rotatable bonds is 1. The topological polar surface area (TPSA) is 39.9 Å². The third-order valence-corrected chi connectivity index (χ3v) is 4.54. The fraction of sp³-hybridized carbons (Fsp3) is 0.250. The van der Waals surface area contributed by atoms with Crippen molar-refractivity contribution in [3.8, 4) is 17.0 Å². The molecule has 21 heavy (non-hydrogen) atoms. The van der Waals surface area contributed by atoms with Crippen LogP contribution in [0, 0.1) is 0 Å². The van der Waals surface area contributed by atoms with Gasteiger partial charge in [-0.05, 0) is 36.6 Å². The summed E-state index contributed by atoms with van der Waals surface area (Å²) in [5.41, 5.74) is 3.11. The summed E-state index contributed by atoms with van der Waals surface area (Å²) in [4.78, 5) is 8.30. The second-order valence-electron chi connectivity index (χ2n) is 5.82. The lowest BCUT2D eigenvalue weighted by molar-refractivity contribution is 0.148. The van der Waals surface area contributed by atoms with Gasteiger partial charge in [0.1, 0.15) is 11.4 Å². The summed E-state index contributed by atoms with van der Waals surface area (Å²) >= 11 is 5.93. The summed E-state index contributed by atoms with van der Waals surface area (Å²) in [5, 5.41) is 1.42. The summed E-state index contributed by atoms with van der Waals surface area (Å²) in [5.74, 6) is 0.975. The monoisotopic (exact) mass is 297 g/mol. The molecule has 3 aromatic rings. The second kappa shape index (κ2) is 3.77. The molecule has 2 aromatic heterocycles. The van der Waals surface area contributed by atoms with Crippen LogP contribution in [0.5, 0.6) is 5.75 Å². The number of ether oxygens (including phenoxy) is 1. The number of benzene rings is 1. The highest BCUT2D eigenvalue weighted by Crippen LogP contribution is 2.48. The molecule has 0 unspecified atom stereocenters. The van der Waals surface area contributed by atoms with Gasteiger partial charge in [0.15, 0.2) is 0 Å². The van der Waals surface area contributed by atoms with Gasteiger partial charge in [0.2, 0.25) is 5.28 Å². The van der Waals surface area contributed by atoms with E-state index in [1.165, 1.54) is 0 Å². The first kappa shape index (κ1) is 11.6. The summed E-state index contributed by atoms with van der Waals surface area (Å²) < 4.78 is 8.49. The Labute approximate surface area is 126 Å². The van der Waals surface area contributed by atoms with Crippen LogP contribution in [0.2, 0.25) is 5.28 Å². The Bertz CT molecular complexity index is 882. The minimum Gasteiger partial charge on any atom is -0.483 e. The van der Waals surface area contributed by atoms with Crippen molar-refractivity contribution >= 4 is 22.5 Å². The molecule has 1 spiro atoms. The molecule has 0 saturated heterocycles. The summed E-state index contributed by atoms with van der Waals surface area (Å²) in [6, 6.07) is 8.09. The smallest absolute Gasteiger partial charge is 0.222 e. The highest BCUT2D eigenvalue weighted by molar-refractivity contribution is 6.28. The zero-order chi connectivity index (χ0) is 14.0. The van der Waals surface area contributed by atoms with Crippen LogP contribution in [-0.4, -0.2) is 20.1 Å². The van der Waals surface area contributed by atoms with Gasteiger partial charge in [0.05, 0.1) is 17.8 Å². The average molecular weight is 298 g/mol. The van der Waals surface area contributed by atoms with Crippen LogP contribution in [0.3, 0.4) is 0 Å². The molecule has 1 fully saturated rings. The van der Waals surface area contributed by atoms with E-state index in [4.69, 9.17) is 16.3 Å². The summed E-state index contributed by atoms with van der Waals surface area (Å²) in [6.07, 6.45) is 6.12. The molecule has 1 aliphatic carbocycles. The van der Waals surface area contributed by atoms with Gasteiger partial charge in [-0.25, -0.2) is 9.97 Å². The first-order chi connectivity index (χ1) is 10.2. The second-order valence-corrected chi connectivity index (χ2v) is 6.16. The van der Waals surface area contributed by atoms with Crippen LogP contribution in [0.4, 0.5) is 0 Å². The third kappa shape index (κ3) is 1.62. The Hall–Kier alpha value is -2.07. The van der Waals surface area contributed by atoms with Gasteiger partial charge in [-0.2, -0.15) is 0 Å². The first-order valence-electron chi connectivity index (χ1n) is 7.04. The third-order valence-electron chi connectivity index (χ3n) is 4.36. The van der Waals surface area contributed by atoms with E-state index in [2.05, 4.69) is 32.9 Å². The molecule has 0 radical (unpaired) electrons. The molecule has 0 amide bonds. The van der Waals surface area contributed by atoms with Crippen molar-refractivity contribution in [2.45, 2.75) is 25.0 Å². The fourth-order valence-corrected chi connectivity index (χ4v) is 3.34. The van der Waals surface area contributed by atoms with E-state index >= 15 is 0 Å². The summed E-state index contributed by atoms with van der Waals surface area (Å²) in [6.45, 7) is 0.916. The molecule has 0 atom stereocenters. The molecule has 5 heteroatoms. The fourth-order valence-electron chi connectivity index (χ4n) is 3.20. The van der Waals surface area contributed by atoms with Crippen LogP contribution in [-0.2, 0) is 6.54 Å². The maximum atomic E-state index is 6.20. The molecule has 5 rings (SSSR count). The molecule has 2 aliphatic rings. The van der Waals surface area contributed by atoms with Crippen molar-refractivity contribution in [2.24, 2.45) is 0 Å². The predicted molar refractivity (Wildman–Crippen MR) is 80.6 cm³/mol. The van der Waals surface area contributed by atoms with Gasteiger partial charge in [0, 0.05) is 23.3 Å². The van der Waals surface area contributed by atoms with E-state index in [1.807, 2.05) is 12.1 Å². The number of aromatic nitrogens is 3. The van der Waals surface area contributed by atoms with Crippen molar-refractivity contribution in [1.29, 1.82) is 0 Å². The first-order valence-corrected chi connectivity index (χ1v) is 7.42.